The van der Waals surface area contributed by atoms with Crippen molar-refractivity contribution in [2.45, 2.75) is 51.5 Å². The molecular formula is C15H23NO. The lowest BCUT2D eigenvalue weighted by atomic mass is 9.83. The molecule has 0 saturated heterocycles. The SMILES string of the molecule is CC1CC1c1ccc(CNCCC2CCC2)o1. The Morgan fingerprint density at radius 2 is 2.18 bits per heavy atom. The fourth-order valence-corrected chi connectivity index (χ4v) is 2.71. The third-order valence-corrected chi connectivity index (χ3v) is 4.41. The quantitative estimate of drug-likeness (QED) is 0.758. The summed E-state index contributed by atoms with van der Waals surface area (Å²) in [5, 5.41) is 3.49. The van der Waals surface area contributed by atoms with Crippen molar-refractivity contribution in [1.82, 2.24) is 5.32 Å². The molecular weight excluding hydrogens is 210 g/mol. The molecule has 1 aromatic heterocycles. The molecule has 2 unspecified atom stereocenters. The van der Waals surface area contributed by atoms with Crippen molar-refractivity contribution in [3.63, 3.8) is 0 Å². The van der Waals surface area contributed by atoms with Gasteiger partial charge in [-0.1, -0.05) is 26.2 Å². The molecule has 94 valence electrons. The summed E-state index contributed by atoms with van der Waals surface area (Å²) in [6.45, 7) is 4.33. The molecule has 0 amide bonds. The highest BCUT2D eigenvalue weighted by molar-refractivity contribution is 5.17. The summed E-state index contributed by atoms with van der Waals surface area (Å²) in [5.41, 5.74) is 0. The lowest BCUT2D eigenvalue weighted by Crippen LogP contribution is -2.20. The summed E-state index contributed by atoms with van der Waals surface area (Å²) in [7, 11) is 0. The average molecular weight is 233 g/mol. The van der Waals surface area contributed by atoms with E-state index in [1.165, 1.54) is 37.9 Å². The molecule has 2 saturated carbocycles. The fraction of sp³-hybridized carbons (Fsp3) is 0.733. The predicted octanol–water partition coefficient (Wildman–Crippen LogP) is 3.68. The van der Waals surface area contributed by atoms with Gasteiger partial charge in [-0.15, -0.1) is 0 Å². The van der Waals surface area contributed by atoms with Gasteiger partial charge in [-0.3, -0.25) is 0 Å². The van der Waals surface area contributed by atoms with E-state index in [2.05, 4.69) is 24.4 Å². The van der Waals surface area contributed by atoms with Gasteiger partial charge < -0.3 is 9.73 Å². The summed E-state index contributed by atoms with van der Waals surface area (Å²) < 4.78 is 5.86. The monoisotopic (exact) mass is 233 g/mol. The van der Waals surface area contributed by atoms with Crippen LogP contribution in [-0.4, -0.2) is 6.54 Å². The van der Waals surface area contributed by atoms with Crippen LogP contribution in [0.2, 0.25) is 0 Å². The number of furan rings is 1. The van der Waals surface area contributed by atoms with Gasteiger partial charge in [0.15, 0.2) is 0 Å². The Morgan fingerprint density at radius 3 is 2.82 bits per heavy atom. The standard InChI is InChI=1S/C15H23NO/c1-11-9-14(11)15-6-5-13(17-15)10-16-8-7-12-3-2-4-12/h5-6,11-12,14,16H,2-4,7-10H2,1H3. The normalized spacial score (nSPS) is 28.1. The first-order chi connectivity index (χ1) is 8.33. The first-order valence-corrected chi connectivity index (χ1v) is 7.12. The zero-order chi connectivity index (χ0) is 11.7. The second-order valence-corrected chi connectivity index (χ2v) is 5.89. The Morgan fingerprint density at radius 1 is 1.35 bits per heavy atom. The van der Waals surface area contributed by atoms with Crippen LogP contribution < -0.4 is 5.32 Å². The maximum atomic E-state index is 5.86. The molecule has 0 aromatic carbocycles. The van der Waals surface area contributed by atoms with Gasteiger partial charge >= 0.3 is 0 Å². The molecule has 0 radical (unpaired) electrons. The number of nitrogens with one attached hydrogen (secondary N) is 1. The summed E-state index contributed by atoms with van der Waals surface area (Å²) in [6.07, 6.45) is 7.00. The van der Waals surface area contributed by atoms with Gasteiger partial charge in [0.05, 0.1) is 6.54 Å². The second kappa shape index (κ2) is 4.85. The topological polar surface area (TPSA) is 25.2 Å². The maximum Gasteiger partial charge on any atom is 0.117 e. The zero-order valence-corrected chi connectivity index (χ0v) is 10.7. The van der Waals surface area contributed by atoms with Crippen LogP contribution >= 0.6 is 0 Å². The van der Waals surface area contributed by atoms with E-state index in [1.807, 2.05) is 0 Å². The van der Waals surface area contributed by atoms with Gasteiger partial charge in [-0.2, -0.15) is 0 Å². The van der Waals surface area contributed by atoms with Crippen LogP contribution in [0, 0.1) is 11.8 Å². The van der Waals surface area contributed by atoms with Crippen LogP contribution in [0.4, 0.5) is 0 Å². The Hall–Kier alpha value is -0.760. The molecule has 0 aliphatic heterocycles. The highest BCUT2D eigenvalue weighted by Gasteiger charge is 2.36. The number of rotatable bonds is 6. The molecule has 2 heteroatoms. The average Bonchev–Trinajstić information content (AvgIpc) is 2.81. The third-order valence-electron chi connectivity index (χ3n) is 4.41. The summed E-state index contributed by atoms with van der Waals surface area (Å²) in [5.74, 6) is 4.85. The summed E-state index contributed by atoms with van der Waals surface area (Å²) >= 11 is 0. The Labute approximate surface area is 104 Å². The molecule has 0 bridgehead atoms. The van der Waals surface area contributed by atoms with Crippen LogP contribution in [0.1, 0.15) is 56.5 Å². The van der Waals surface area contributed by atoms with Crippen molar-refractivity contribution in [1.29, 1.82) is 0 Å². The van der Waals surface area contributed by atoms with Crippen LogP contribution in [0.3, 0.4) is 0 Å². The van der Waals surface area contributed by atoms with Crippen molar-refractivity contribution in [2.24, 2.45) is 11.8 Å². The number of hydrogen-bond acceptors (Lipinski definition) is 2. The van der Waals surface area contributed by atoms with Crippen LogP contribution in [0.25, 0.3) is 0 Å². The Kier molecular flexibility index (Phi) is 3.24. The first-order valence-electron chi connectivity index (χ1n) is 7.12. The van der Waals surface area contributed by atoms with Crippen molar-refractivity contribution < 1.29 is 4.42 Å². The molecule has 1 N–H and O–H groups in total. The molecule has 1 heterocycles. The molecule has 2 fully saturated rings. The molecule has 3 rings (SSSR count). The first kappa shape index (κ1) is 11.3. The minimum atomic E-state index is 0.707. The second-order valence-electron chi connectivity index (χ2n) is 5.89. The van der Waals surface area contributed by atoms with Crippen molar-refractivity contribution in [2.75, 3.05) is 6.54 Å². The Balaban J connectivity index is 1.37. The van der Waals surface area contributed by atoms with Gasteiger partial charge in [0.1, 0.15) is 11.5 Å². The van der Waals surface area contributed by atoms with Gasteiger partial charge in [0, 0.05) is 5.92 Å². The van der Waals surface area contributed by atoms with E-state index in [4.69, 9.17) is 4.42 Å². The van der Waals surface area contributed by atoms with E-state index < -0.39 is 0 Å². The van der Waals surface area contributed by atoms with E-state index in [1.54, 1.807) is 0 Å². The van der Waals surface area contributed by atoms with Crippen molar-refractivity contribution in [3.8, 4) is 0 Å². The highest BCUT2D eigenvalue weighted by atomic mass is 16.3. The molecule has 17 heavy (non-hydrogen) atoms. The van der Waals surface area contributed by atoms with E-state index in [9.17, 15) is 0 Å². The third kappa shape index (κ3) is 2.74. The van der Waals surface area contributed by atoms with E-state index in [0.29, 0.717) is 5.92 Å². The van der Waals surface area contributed by atoms with Crippen LogP contribution in [-0.2, 0) is 6.54 Å². The maximum absolute atomic E-state index is 5.86. The largest absolute Gasteiger partial charge is 0.464 e. The summed E-state index contributed by atoms with van der Waals surface area (Å²) in [6, 6.07) is 4.30. The minimum absolute atomic E-state index is 0.707. The van der Waals surface area contributed by atoms with E-state index in [0.717, 1.165) is 30.7 Å². The van der Waals surface area contributed by atoms with Crippen LogP contribution in [0.5, 0.6) is 0 Å². The predicted molar refractivity (Wildman–Crippen MR) is 68.9 cm³/mol. The Bertz CT molecular complexity index is 367. The van der Waals surface area contributed by atoms with Gasteiger partial charge in [0.25, 0.3) is 0 Å². The van der Waals surface area contributed by atoms with Crippen molar-refractivity contribution in [3.05, 3.63) is 23.7 Å². The molecule has 2 atom stereocenters. The molecule has 2 aliphatic rings. The molecule has 0 spiro atoms. The fourth-order valence-electron chi connectivity index (χ4n) is 2.71. The van der Waals surface area contributed by atoms with Crippen molar-refractivity contribution >= 4 is 0 Å². The van der Waals surface area contributed by atoms with Gasteiger partial charge in [-0.25, -0.2) is 0 Å². The zero-order valence-electron chi connectivity index (χ0n) is 10.7. The highest BCUT2D eigenvalue weighted by Crippen LogP contribution is 2.47. The van der Waals surface area contributed by atoms with Crippen LogP contribution in [0.15, 0.2) is 16.5 Å². The lowest BCUT2D eigenvalue weighted by Gasteiger charge is -2.25. The van der Waals surface area contributed by atoms with Gasteiger partial charge in [-0.05, 0) is 43.4 Å². The van der Waals surface area contributed by atoms with E-state index >= 15 is 0 Å². The minimum Gasteiger partial charge on any atom is -0.464 e. The van der Waals surface area contributed by atoms with E-state index in [-0.39, 0.29) is 0 Å². The smallest absolute Gasteiger partial charge is 0.117 e. The molecule has 1 aromatic rings. The molecule has 2 aliphatic carbocycles. The van der Waals surface area contributed by atoms with Gasteiger partial charge in [0.2, 0.25) is 0 Å². The number of hydrogen-bond donors (Lipinski definition) is 1. The summed E-state index contributed by atoms with van der Waals surface area (Å²) in [4.78, 5) is 0. The molecule has 2 nitrogen and oxygen atoms in total. The lowest BCUT2D eigenvalue weighted by molar-refractivity contribution is 0.290.